The first-order valence-corrected chi connectivity index (χ1v) is 14.1. The van der Waals surface area contributed by atoms with E-state index >= 15 is 0 Å². The number of hydrogen-bond acceptors (Lipinski definition) is 10. The topological polar surface area (TPSA) is 146 Å². The number of aryl methyl sites for hydroxylation is 1. The Bertz CT molecular complexity index is 1810. The van der Waals surface area contributed by atoms with Crippen molar-refractivity contribution in [1.82, 2.24) is 9.55 Å². The Morgan fingerprint density at radius 2 is 1.95 bits per heavy atom. The zero-order valence-electron chi connectivity index (χ0n) is 23.9. The van der Waals surface area contributed by atoms with E-state index in [1.165, 1.54) is 10.6 Å². The van der Waals surface area contributed by atoms with Gasteiger partial charge in [-0.25, -0.2) is 14.6 Å². The number of benzene rings is 1. The molecule has 2 amide bonds. The number of aromatic nitrogens is 2. The number of esters is 1. The van der Waals surface area contributed by atoms with Crippen molar-refractivity contribution in [2.24, 2.45) is 0 Å². The van der Waals surface area contributed by atoms with E-state index in [4.69, 9.17) is 43.4 Å². The smallest absolute Gasteiger partial charge is 0.422 e. The average molecular weight is 608 g/mol. The molecule has 0 fully saturated rings. The van der Waals surface area contributed by atoms with Crippen molar-refractivity contribution in [3.63, 3.8) is 0 Å². The van der Waals surface area contributed by atoms with E-state index in [0.717, 1.165) is 6.42 Å². The Morgan fingerprint density at radius 3 is 2.63 bits per heavy atom. The number of carbonyl (C=O) groups excluding carboxylic acids is 3. The molecule has 0 saturated heterocycles. The first kappa shape index (κ1) is 29.0. The molecule has 0 saturated carbocycles. The normalized spacial score (nSPS) is 18.1. The molecular formula is C29H27BClN3O9. The number of cyclic esters (lactones) is 1. The molecule has 43 heavy (non-hydrogen) atoms. The summed E-state index contributed by atoms with van der Waals surface area (Å²) in [5.74, 6) is -0.718. The minimum Gasteiger partial charge on any atom is -0.459 e. The molecule has 2 radical (unpaired) electrons. The number of amides is 2. The summed E-state index contributed by atoms with van der Waals surface area (Å²) in [5.41, 5.74) is -1.48. The molecule has 222 valence electrons. The van der Waals surface area contributed by atoms with Crippen LogP contribution in [0, 0.1) is 0 Å². The summed E-state index contributed by atoms with van der Waals surface area (Å²) >= 11 is 6.03. The molecule has 1 atom stereocenters. The fourth-order valence-electron chi connectivity index (χ4n) is 5.70. The van der Waals surface area contributed by atoms with Crippen LogP contribution in [0.4, 0.5) is 15.3 Å². The van der Waals surface area contributed by atoms with E-state index in [-0.39, 0.29) is 48.3 Å². The van der Waals surface area contributed by atoms with Crippen molar-refractivity contribution in [3.05, 3.63) is 44.7 Å². The van der Waals surface area contributed by atoms with Gasteiger partial charge < -0.3 is 28.6 Å². The average Bonchev–Trinajstić information content (AvgIpc) is 3.53. The highest BCUT2D eigenvalue weighted by molar-refractivity contribution is 6.68. The number of fused-ring (bicyclic) bond motifs is 6. The van der Waals surface area contributed by atoms with Gasteiger partial charge in [-0.2, -0.15) is 4.90 Å². The van der Waals surface area contributed by atoms with Crippen molar-refractivity contribution in [2.75, 3.05) is 11.7 Å². The van der Waals surface area contributed by atoms with Crippen LogP contribution in [0.3, 0.4) is 0 Å². The summed E-state index contributed by atoms with van der Waals surface area (Å²) in [7, 11) is 5.91. The van der Waals surface area contributed by atoms with Crippen LogP contribution in [0.1, 0.15) is 62.8 Å². The molecule has 5 heterocycles. The predicted molar refractivity (Wildman–Crippen MR) is 155 cm³/mol. The van der Waals surface area contributed by atoms with Gasteiger partial charge in [0.25, 0.3) is 5.56 Å². The molecule has 6 rings (SSSR count). The van der Waals surface area contributed by atoms with Crippen LogP contribution in [0.15, 0.2) is 16.9 Å². The Labute approximate surface area is 251 Å². The first-order chi connectivity index (χ1) is 20.2. The van der Waals surface area contributed by atoms with E-state index in [9.17, 15) is 24.3 Å². The van der Waals surface area contributed by atoms with Crippen LogP contribution >= 0.6 is 11.6 Å². The van der Waals surface area contributed by atoms with Crippen molar-refractivity contribution in [3.8, 4) is 22.9 Å². The number of rotatable bonds is 4. The minimum absolute atomic E-state index is 0.0265. The number of carbonyl (C=O) groups is 3. The van der Waals surface area contributed by atoms with E-state index < -0.39 is 34.1 Å². The molecule has 14 heteroatoms. The first-order valence-electron chi connectivity index (χ1n) is 13.7. The molecule has 2 aromatic heterocycles. The lowest BCUT2D eigenvalue weighted by Crippen LogP contribution is -2.45. The van der Waals surface area contributed by atoms with Gasteiger partial charge in [0.1, 0.15) is 31.2 Å². The lowest BCUT2D eigenvalue weighted by atomic mass is 9.73. The third-order valence-corrected chi connectivity index (χ3v) is 7.75. The Morgan fingerprint density at radius 1 is 1.21 bits per heavy atom. The number of aliphatic hydroxyl groups is 1. The Hall–Kier alpha value is -4.10. The number of unbranched alkanes of at least 4 members (excludes halogenated alkanes) is 1. The fourth-order valence-corrected chi connectivity index (χ4v) is 5.85. The number of nitrogens with zero attached hydrogens (tertiary/aromatic N) is 3. The molecule has 0 unspecified atom stereocenters. The molecule has 0 aliphatic carbocycles. The van der Waals surface area contributed by atoms with E-state index in [0.29, 0.717) is 51.2 Å². The quantitative estimate of drug-likeness (QED) is 0.156. The van der Waals surface area contributed by atoms with Crippen LogP contribution < -0.4 is 19.9 Å². The van der Waals surface area contributed by atoms with E-state index in [2.05, 4.69) is 0 Å². The molecule has 0 spiro atoms. The van der Waals surface area contributed by atoms with Crippen molar-refractivity contribution >= 4 is 53.5 Å². The summed E-state index contributed by atoms with van der Waals surface area (Å²) in [5, 5.41) is 10.0. The highest BCUT2D eigenvalue weighted by Crippen LogP contribution is 2.50. The number of anilines is 1. The monoisotopic (exact) mass is 607 g/mol. The Balaban J connectivity index is 1.67. The maximum Gasteiger partial charge on any atom is 0.422 e. The molecule has 12 nitrogen and oxygen atoms in total. The maximum absolute atomic E-state index is 13.6. The number of halogens is 1. The summed E-state index contributed by atoms with van der Waals surface area (Å²) in [6.45, 7) is 6.57. The summed E-state index contributed by atoms with van der Waals surface area (Å²) < 4.78 is 23.4. The molecular weight excluding hydrogens is 581 g/mol. The predicted octanol–water partition coefficient (Wildman–Crippen LogP) is 3.97. The molecule has 3 aliphatic heterocycles. The van der Waals surface area contributed by atoms with Gasteiger partial charge in [0, 0.05) is 17.0 Å². The molecule has 0 bridgehead atoms. The van der Waals surface area contributed by atoms with Crippen LogP contribution in [0.25, 0.3) is 22.3 Å². The second-order valence-electron chi connectivity index (χ2n) is 11.6. The van der Waals surface area contributed by atoms with Gasteiger partial charge in [0.2, 0.25) is 6.79 Å². The summed E-state index contributed by atoms with van der Waals surface area (Å²) in [6, 6.07) is 3.10. The number of hydrogen-bond donors (Lipinski definition) is 1. The lowest BCUT2D eigenvalue weighted by molar-refractivity contribution is -0.162. The minimum atomic E-state index is -2.51. The fraction of sp³-hybridized carbons (Fsp3) is 0.414. The van der Waals surface area contributed by atoms with Crippen LogP contribution in [0.2, 0.25) is 0 Å². The highest BCUT2D eigenvalue weighted by atomic mass is 35.5. The zero-order chi connectivity index (χ0) is 31.0. The molecule has 1 N–H and O–H groups in total. The Kier molecular flexibility index (Phi) is 6.73. The van der Waals surface area contributed by atoms with Crippen LogP contribution in [0.5, 0.6) is 11.5 Å². The highest BCUT2D eigenvalue weighted by Gasteiger charge is 2.43. The third kappa shape index (κ3) is 4.53. The molecule has 3 aliphatic rings. The van der Waals surface area contributed by atoms with Gasteiger partial charge in [-0.05, 0) is 62.4 Å². The number of imide groups is 1. The van der Waals surface area contributed by atoms with Crippen molar-refractivity contribution < 1.29 is 38.4 Å². The second kappa shape index (κ2) is 9.98. The van der Waals surface area contributed by atoms with Crippen LogP contribution in [-0.4, -0.2) is 52.3 Å². The second-order valence-corrected chi connectivity index (χ2v) is 11.9. The number of ether oxygens (including phenoxy) is 4. The zero-order valence-corrected chi connectivity index (χ0v) is 24.7. The van der Waals surface area contributed by atoms with E-state index in [1.54, 1.807) is 26.8 Å². The van der Waals surface area contributed by atoms with Gasteiger partial charge >= 0.3 is 17.4 Å². The van der Waals surface area contributed by atoms with Gasteiger partial charge in [-0.3, -0.25) is 9.59 Å². The van der Waals surface area contributed by atoms with Gasteiger partial charge in [-0.15, -0.1) is 0 Å². The van der Waals surface area contributed by atoms with Gasteiger partial charge in [-0.1, -0.05) is 13.3 Å². The molecule has 3 aromatic rings. The standard InChI is InChI=1S/C29H27BClN3O9/c1-5-6-7-13-14-10-33-18(8-16-15(24(33)35)11-40-25(36)29(16,30)39)21(14)32-17-9-19-23(42-12-41-19)22(20(13)17)34(26(31)37)27(38)43-28(2,3)4/h8-9,39H,5-7,10-12H2,1-4H3/t29-/m0/s1. The number of pyridine rings is 2. The SMILES string of the molecule is [B][C@@]1(O)C(=O)OCc2c1cc1n(c2=O)Cc2c-1nc1cc3c(c(N(C(=O)Cl)C(=O)OC(C)(C)C)c1c2CCCC)OCO3. The summed E-state index contributed by atoms with van der Waals surface area (Å²) in [4.78, 5) is 57.8. The van der Waals surface area contributed by atoms with E-state index in [1.807, 2.05) is 6.92 Å². The molecule has 1 aromatic carbocycles. The van der Waals surface area contributed by atoms with Gasteiger partial charge in [0.15, 0.2) is 11.5 Å². The van der Waals surface area contributed by atoms with Crippen molar-refractivity contribution in [2.45, 2.75) is 71.2 Å². The van der Waals surface area contributed by atoms with Crippen LogP contribution in [-0.2, 0) is 39.3 Å². The largest absolute Gasteiger partial charge is 0.459 e. The maximum atomic E-state index is 13.6. The lowest BCUT2D eigenvalue weighted by Gasteiger charge is -2.30. The summed E-state index contributed by atoms with van der Waals surface area (Å²) in [6.07, 6.45) is 0.990. The third-order valence-electron chi connectivity index (χ3n) is 7.59. The van der Waals surface area contributed by atoms with Gasteiger partial charge in [0.05, 0.1) is 29.0 Å². The van der Waals surface area contributed by atoms with Crippen molar-refractivity contribution in [1.29, 1.82) is 0 Å².